The summed E-state index contributed by atoms with van der Waals surface area (Å²) in [6.07, 6.45) is 5.18. The van der Waals surface area contributed by atoms with Crippen LogP contribution in [0, 0.1) is 0 Å². The Morgan fingerprint density at radius 1 is 0.913 bits per heavy atom. The summed E-state index contributed by atoms with van der Waals surface area (Å²) >= 11 is 0. The van der Waals surface area contributed by atoms with Gasteiger partial charge < -0.3 is 15.1 Å². The lowest BCUT2D eigenvalue weighted by atomic mass is 10.1. The van der Waals surface area contributed by atoms with Crippen molar-refractivity contribution in [2.24, 2.45) is 0 Å². The maximum atomic E-state index is 4.42. The van der Waals surface area contributed by atoms with Crippen LogP contribution in [0.2, 0.25) is 0 Å². The number of hydrogen-bond donors (Lipinski definition) is 1. The number of aromatic nitrogens is 4. The van der Waals surface area contributed by atoms with Gasteiger partial charge in [-0.25, -0.2) is 19.9 Å². The topological polar surface area (TPSA) is 70.1 Å². The van der Waals surface area contributed by atoms with Crippen LogP contribution >= 0.6 is 0 Å². The molecule has 1 aliphatic rings. The number of hydrogen-bond acceptors (Lipinski definition) is 7. The van der Waals surface area contributed by atoms with Crippen molar-refractivity contribution in [3.8, 4) is 0 Å². The van der Waals surface area contributed by atoms with Gasteiger partial charge in [0.15, 0.2) is 0 Å². The van der Waals surface area contributed by atoms with Crippen molar-refractivity contribution in [3.63, 3.8) is 0 Å². The molecule has 1 saturated heterocycles. The summed E-state index contributed by atoms with van der Waals surface area (Å²) in [6, 6.07) is 3.85. The lowest BCUT2D eigenvalue weighted by molar-refractivity contribution is 0.625. The van der Waals surface area contributed by atoms with Gasteiger partial charge in [0.05, 0.1) is 0 Å². The molecule has 23 heavy (non-hydrogen) atoms. The fourth-order valence-electron chi connectivity index (χ4n) is 2.56. The van der Waals surface area contributed by atoms with E-state index in [4.69, 9.17) is 0 Å². The highest BCUT2D eigenvalue weighted by atomic mass is 15.3. The van der Waals surface area contributed by atoms with Crippen LogP contribution in [0.1, 0.15) is 20.8 Å². The van der Waals surface area contributed by atoms with Crippen molar-refractivity contribution in [1.29, 1.82) is 0 Å². The average Bonchev–Trinajstić information content (AvgIpc) is 2.55. The van der Waals surface area contributed by atoms with Gasteiger partial charge in [-0.1, -0.05) is 0 Å². The van der Waals surface area contributed by atoms with Crippen LogP contribution in [-0.4, -0.2) is 51.7 Å². The molecule has 0 saturated carbocycles. The molecule has 0 spiro atoms. The highest BCUT2D eigenvalue weighted by Gasteiger charge is 2.20. The van der Waals surface area contributed by atoms with Gasteiger partial charge in [-0.3, -0.25) is 0 Å². The van der Waals surface area contributed by atoms with Gasteiger partial charge in [-0.05, 0) is 26.8 Å². The molecule has 0 radical (unpaired) electrons. The molecule has 1 N–H and O–H groups in total. The standard InChI is InChI=1S/C16H23N7/c1-16(2,3)21-13-11-14(20-12-19-13)22-7-9-23(10-8-22)15-17-5-4-6-18-15/h4-6,11-12H,7-10H2,1-3H3,(H,19,20,21). The van der Waals surface area contributed by atoms with E-state index in [1.54, 1.807) is 18.7 Å². The van der Waals surface area contributed by atoms with Gasteiger partial charge in [0.1, 0.15) is 18.0 Å². The Balaban J connectivity index is 1.65. The third kappa shape index (κ3) is 4.06. The summed E-state index contributed by atoms with van der Waals surface area (Å²) in [4.78, 5) is 21.8. The minimum Gasteiger partial charge on any atom is -0.365 e. The SMILES string of the molecule is CC(C)(C)Nc1cc(N2CCN(c3ncccn3)CC2)ncn1. The maximum Gasteiger partial charge on any atom is 0.225 e. The summed E-state index contributed by atoms with van der Waals surface area (Å²) < 4.78 is 0. The lowest BCUT2D eigenvalue weighted by Gasteiger charge is -2.35. The largest absolute Gasteiger partial charge is 0.365 e. The van der Waals surface area contributed by atoms with Crippen molar-refractivity contribution in [1.82, 2.24) is 19.9 Å². The minimum absolute atomic E-state index is 0.0189. The first-order chi connectivity index (χ1) is 11.0. The van der Waals surface area contributed by atoms with Crippen molar-refractivity contribution in [3.05, 3.63) is 30.9 Å². The van der Waals surface area contributed by atoms with Crippen molar-refractivity contribution < 1.29 is 0 Å². The predicted molar refractivity (Wildman–Crippen MR) is 91.9 cm³/mol. The Kier molecular flexibility index (Phi) is 4.27. The summed E-state index contributed by atoms with van der Waals surface area (Å²) in [6.45, 7) is 9.91. The Labute approximate surface area is 136 Å². The second kappa shape index (κ2) is 6.36. The van der Waals surface area contributed by atoms with E-state index in [0.717, 1.165) is 43.8 Å². The van der Waals surface area contributed by atoms with Crippen molar-refractivity contribution in [2.45, 2.75) is 26.3 Å². The van der Waals surface area contributed by atoms with Crippen molar-refractivity contribution in [2.75, 3.05) is 41.3 Å². The molecule has 2 aromatic rings. The van der Waals surface area contributed by atoms with Crippen LogP contribution in [0.25, 0.3) is 0 Å². The predicted octanol–water partition coefficient (Wildman–Crippen LogP) is 1.80. The molecule has 0 amide bonds. The molecule has 1 fully saturated rings. The zero-order valence-electron chi connectivity index (χ0n) is 13.9. The van der Waals surface area contributed by atoms with Crippen LogP contribution < -0.4 is 15.1 Å². The molecule has 0 aromatic carbocycles. The fourth-order valence-corrected chi connectivity index (χ4v) is 2.56. The van der Waals surface area contributed by atoms with Gasteiger partial charge in [0.2, 0.25) is 5.95 Å². The number of rotatable bonds is 3. The molecule has 7 nitrogen and oxygen atoms in total. The van der Waals surface area contributed by atoms with Crippen LogP contribution in [0.4, 0.5) is 17.6 Å². The minimum atomic E-state index is -0.0189. The summed E-state index contributed by atoms with van der Waals surface area (Å²) in [5, 5.41) is 3.39. The van der Waals surface area contributed by atoms with E-state index in [2.05, 4.69) is 55.8 Å². The monoisotopic (exact) mass is 313 g/mol. The van der Waals surface area contributed by atoms with Crippen LogP contribution in [0.5, 0.6) is 0 Å². The lowest BCUT2D eigenvalue weighted by Crippen LogP contribution is -2.47. The van der Waals surface area contributed by atoms with E-state index in [1.165, 1.54) is 0 Å². The fraction of sp³-hybridized carbons (Fsp3) is 0.500. The molecule has 7 heteroatoms. The molecule has 0 unspecified atom stereocenters. The molecule has 1 aliphatic heterocycles. The van der Waals surface area contributed by atoms with Crippen molar-refractivity contribution >= 4 is 17.6 Å². The zero-order chi connectivity index (χ0) is 16.3. The van der Waals surface area contributed by atoms with Crippen LogP contribution in [0.15, 0.2) is 30.9 Å². The number of piperazine rings is 1. The first-order valence-electron chi connectivity index (χ1n) is 7.88. The second-order valence-corrected chi connectivity index (χ2v) is 6.66. The highest BCUT2D eigenvalue weighted by Crippen LogP contribution is 2.19. The number of nitrogens with one attached hydrogen (secondary N) is 1. The Morgan fingerprint density at radius 3 is 2.22 bits per heavy atom. The van der Waals surface area contributed by atoms with Gasteiger partial charge in [-0.2, -0.15) is 0 Å². The van der Waals surface area contributed by atoms with Gasteiger partial charge in [0.25, 0.3) is 0 Å². The summed E-state index contributed by atoms with van der Waals surface area (Å²) in [5.74, 6) is 2.61. The first-order valence-corrected chi connectivity index (χ1v) is 7.88. The van der Waals surface area contributed by atoms with E-state index in [9.17, 15) is 0 Å². The number of nitrogens with zero attached hydrogens (tertiary/aromatic N) is 6. The molecule has 2 aromatic heterocycles. The Bertz CT molecular complexity index is 630. The quantitative estimate of drug-likeness (QED) is 0.926. The van der Waals surface area contributed by atoms with Gasteiger partial charge in [-0.15, -0.1) is 0 Å². The zero-order valence-corrected chi connectivity index (χ0v) is 13.9. The van der Waals surface area contributed by atoms with E-state index in [1.807, 2.05) is 12.1 Å². The molecule has 0 bridgehead atoms. The average molecular weight is 313 g/mol. The smallest absolute Gasteiger partial charge is 0.225 e. The van der Waals surface area contributed by atoms with E-state index in [-0.39, 0.29) is 5.54 Å². The van der Waals surface area contributed by atoms with E-state index >= 15 is 0 Å². The molecule has 122 valence electrons. The molecular weight excluding hydrogens is 290 g/mol. The first kappa shape index (κ1) is 15.5. The van der Waals surface area contributed by atoms with Crippen LogP contribution in [0.3, 0.4) is 0 Å². The Hall–Kier alpha value is -2.44. The number of anilines is 3. The molecule has 0 aliphatic carbocycles. The third-order valence-corrected chi connectivity index (χ3v) is 3.59. The van der Waals surface area contributed by atoms with Gasteiger partial charge >= 0.3 is 0 Å². The molecule has 0 atom stereocenters. The normalized spacial score (nSPS) is 15.6. The summed E-state index contributed by atoms with van der Waals surface area (Å²) in [5.41, 5.74) is -0.0189. The third-order valence-electron chi connectivity index (χ3n) is 3.59. The highest BCUT2D eigenvalue weighted by molar-refractivity contribution is 5.50. The molecule has 3 heterocycles. The molecular formula is C16H23N7. The molecule has 3 rings (SSSR count). The summed E-state index contributed by atoms with van der Waals surface area (Å²) in [7, 11) is 0. The van der Waals surface area contributed by atoms with E-state index < -0.39 is 0 Å². The maximum absolute atomic E-state index is 4.42. The van der Waals surface area contributed by atoms with Gasteiger partial charge in [0, 0.05) is 50.2 Å². The second-order valence-electron chi connectivity index (χ2n) is 6.66. The van der Waals surface area contributed by atoms with Crippen LogP contribution in [-0.2, 0) is 0 Å². The van der Waals surface area contributed by atoms with E-state index in [0.29, 0.717) is 0 Å². The Morgan fingerprint density at radius 2 is 1.57 bits per heavy atom.